The number of imidazole rings is 1. The summed E-state index contributed by atoms with van der Waals surface area (Å²) in [6, 6.07) is 7.19. The Kier molecular flexibility index (Phi) is 6.13. The number of ether oxygens (including phenoxy) is 2. The molecule has 2 heterocycles. The van der Waals surface area contributed by atoms with Crippen LogP contribution in [0.2, 0.25) is 0 Å². The van der Waals surface area contributed by atoms with E-state index in [0.717, 1.165) is 23.5 Å². The number of amides is 1. The number of morpholine rings is 1. The summed E-state index contributed by atoms with van der Waals surface area (Å²) >= 11 is 0. The lowest BCUT2D eigenvalue weighted by atomic mass is 10.1. The first-order chi connectivity index (χ1) is 15.7. The third kappa shape index (κ3) is 4.72. The van der Waals surface area contributed by atoms with E-state index in [1.54, 1.807) is 32.5 Å². The molecule has 4 rings (SSSR count). The van der Waals surface area contributed by atoms with Crippen LogP contribution in [-0.4, -0.2) is 40.1 Å². The summed E-state index contributed by atoms with van der Waals surface area (Å²) in [6.45, 7) is 3.80. The van der Waals surface area contributed by atoms with Crippen molar-refractivity contribution in [2.75, 3.05) is 13.7 Å². The molecular formula is C24H22F3N3O3. The van der Waals surface area contributed by atoms with E-state index in [-0.39, 0.29) is 30.5 Å². The highest BCUT2D eigenvalue weighted by Crippen LogP contribution is 2.27. The summed E-state index contributed by atoms with van der Waals surface area (Å²) < 4.78 is 53.5. The van der Waals surface area contributed by atoms with E-state index in [1.165, 1.54) is 4.90 Å². The molecule has 172 valence electrons. The molecule has 2 aromatic carbocycles. The quantitative estimate of drug-likeness (QED) is 0.421. The Morgan fingerprint density at radius 2 is 1.94 bits per heavy atom. The molecule has 1 amide bonds. The van der Waals surface area contributed by atoms with Gasteiger partial charge in [0.25, 0.3) is 5.91 Å². The topological polar surface area (TPSA) is 56.6 Å². The number of benzene rings is 2. The van der Waals surface area contributed by atoms with Crippen molar-refractivity contribution < 1.29 is 27.4 Å². The van der Waals surface area contributed by atoms with E-state index < -0.39 is 23.4 Å². The van der Waals surface area contributed by atoms with Crippen LogP contribution >= 0.6 is 0 Å². The first-order valence-electron chi connectivity index (χ1n) is 10.2. The Hall–Kier alpha value is -3.75. The van der Waals surface area contributed by atoms with E-state index in [1.807, 2.05) is 29.8 Å². The second kappa shape index (κ2) is 9.01. The van der Waals surface area contributed by atoms with Gasteiger partial charge in [-0.2, -0.15) is 0 Å². The molecule has 1 aliphatic heterocycles. The van der Waals surface area contributed by atoms with Gasteiger partial charge in [0.05, 0.1) is 31.4 Å². The Morgan fingerprint density at radius 3 is 2.58 bits per heavy atom. The fourth-order valence-corrected chi connectivity index (χ4v) is 3.71. The Balaban J connectivity index is 1.60. The highest BCUT2D eigenvalue weighted by Gasteiger charge is 2.29. The molecule has 0 radical (unpaired) electrons. The molecule has 3 aromatic rings. The zero-order valence-electron chi connectivity index (χ0n) is 18.3. The average Bonchev–Trinajstić information content (AvgIpc) is 3.21. The Bertz CT molecular complexity index is 1220. The number of carbonyl (C=O) groups excluding carboxylic acids is 1. The third-order valence-electron chi connectivity index (χ3n) is 5.21. The van der Waals surface area contributed by atoms with Crippen molar-refractivity contribution in [2.45, 2.75) is 26.5 Å². The zero-order valence-corrected chi connectivity index (χ0v) is 18.3. The second-order valence-corrected chi connectivity index (χ2v) is 7.85. The molecule has 0 spiro atoms. The average molecular weight is 457 g/mol. The van der Waals surface area contributed by atoms with Gasteiger partial charge in [-0.05, 0) is 55.3 Å². The molecule has 1 aromatic heterocycles. The molecule has 0 saturated carbocycles. The first-order valence-corrected chi connectivity index (χ1v) is 10.2. The third-order valence-corrected chi connectivity index (χ3v) is 5.21. The normalized spacial score (nSPS) is 17.4. The fourth-order valence-electron chi connectivity index (χ4n) is 3.71. The number of methoxy groups -OCH3 is 1. The molecule has 1 fully saturated rings. The lowest BCUT2D eigenvalue weighted by molar-refractivity contribution is -0.139. The van der Waals surface area contributed by atoms with Gasteiger partial charge in [-0.15, -0.1) is 0 Å². The maximum atomic E-state index is 13.6. The van der Waals surface area contributed by atoms with Crippen LogP contribution in [-0.2, 0) is 16.1 Å². The molecular weight excluding hydrogens is 435 g/mol. The lowest BCUT2D eigenvalue weighted by Crippen LogP contribution is -2.43. The van der Waals surface area contributed by atoms with Crippen LogP contribution in [0.15, 0.2) is 48.6 Å². The van der Waals surface area contributed by atoms with Crippen molar-refractivity contribution >= 4 is 12.0 Å². The maximum absolute atomic E-state index is 13.6. The summed E-state index contributed by atoms with van der Waals surface area (Å²) in [7, 11) is 1.55. The van der Waals surface area contributed by atoms with Gasteiger partial charge in [0, 0.05) is 12.7 Å². The van der Waals surface area contributed by atoms with Crippen LogP contribution in [0.25, 0.3) is 11.8 Å². The van der Waals surface area contributed by atoms with Gasteiger partial charge < -0.3 is 18.9 Å². The van der Waals surface area contributed by atoms with Gasteiger partial charge in [-0.25, -0.2) is 18.2 Å². The summed E-state index contributed by atoms with van der Waals surface area (Å²) in [5.74, 6) is -3.90. The van der Waals surface area contributed by atoms with Crippen LogP contribution in [0.5, 0.6) is 5.75 Å². The van der Waals surface area contributed by atoms with Gasteiger partial charge >= 0.3 is 0 Å². The van der Waals surface area contributed by atoms with Crippen molar-refractivity contribution in [1.29, 1.82) is 0 Å². The number of hydrogen-bond donors (Lipinski definition) is 0. The van der Waals surface area contributed by atoms with Crippen LogP contribution in [0.1, 0.15) is 23.7 Å². The molecule has 0 aliphatic carbocycles. The zero-order chi connectivity index (χ0) is 23.7. The number of aromatic nitrogens is 2. The number of halogens is 3. The lowest BCUT2D eigenvalue weighted by Gasteiger charge is -2.33. The van der Waals surface area contributed by atoms with Gasteiger partial charge in [0.15, 0.2) is 23.2 Å². The molecule has 6 nitrogen and oxygen atoms in total. The minimum atomic E-state index is -1.54. The number of carbonyl (C=O) groups is 1. The monoisotopic (exact) mass is 457 g/mol. The molecule has 1 aliphatic rings. The van der Waals surface area contributed by atoms with E-state index in [9.17, 15) is 18.0 Å². The van der Waals surface area contributed by atoms with Crippen LogP contribution in [0.3, 0.4) is 0 Å². The number of nitrogens with zero attached hydrogens (tertiary/aromatic N) is 3. The molecule has 0 N–H and O–H groups in total. The second-order valence-electron chi connectivity index (χ2n) is 7.85. The molecule has 9 heteroatoms. The van der Waals surface area contributed by atoms with Crippen molar-refractivity contribution in [3.05, 3.63) is 82.9 Å². The number of aryl methyl sites for hydroxylation is 1. The van der Waals surface area contributed by atoms with Crippen molar-refractivity contribution in [3.8, 4) is 11.4 Å². The summed E-state index contributed by atoms with van der Waals surface area (Å²) in [5.41, 5.74) is 2.46. The molecule has 0 bridgehead atoms. The van der Waals surface area contributed by atoms with E-state index in [2.05, 4.69) is 4.98 Å². The van der Waals surface area contributed by atoms with Gasteiger partial charge in [-0.3, -0.25) is 4.79 Å². The predicted octanol–water partition coefficient (Wildman–Crippen LogP) is 4.40. The molecule has 0 unspecified atom stereocenters. The van der Waals surface area contributed by atoms with Crippen molar-refractivity contribution in [2.24, 2.45) is 0 Å². The van der Waals surface area contributed by atoms with Crippen LogP contribution in [0.4, 0.5) is 13.2 Å². The Labute approximate surface area is 188 Å². The maximum Gasteiger partial charge on any atom is 0.289 e. The minimum absolute atomic E-state index is 0.0831. The van der Waals surface area contributed by atoms with Gasteiger partial charge in [0.1, 0.15) is 11.9 Å². The largest absolute Gasteiger partial charge is 0.495 e. The summed E-state index contributed by atoms with van der Waals surface area (Å²) in [5, 5.41) is 0. The van der Waals surface area contributed by atoms with Crippen molar-refractivity contribution in [1.82, 2.24) is 14.5 Å². The molecule has 1 saturated heterocycles. The van der Waals surface area contributed by atoms with Gasteiger partial charge in [-0.1, -0.05) is 6.07 Å². The molecule has 33 heavy (non-hydrogen) atoms. The first kappa shape index (κ1) is 22.4. The smallest absolute Gasteiger partial charge is 0.289 e. The summed E-state index contributed by atoms with van der Waals surface area (Å²) in [6.07, 6.45) is 4.78. The molecule has 1 atom stereocenters. The van der Waals surface area contributed by atoms with Crippen LogP contribution < -0.4 is 4.74 Å². The standard InChI is InChI=1S/C24H22F3N3O3/c1-14-10-30(13-28-14)20-5-4-16(8-21(20)32-3)9-22-24(31)29(11-15(2)33-22)12-17-6-18(25)23(27)19(26)7-17/h4-10,13,15H,11-12H2,1-3H3/b22-9-/t15-/m1/s1. The SMILES string of the molecule is COc1cc(/C=C2\O[C@H](C)CN(Cc3cc(F)c(F)c(F)c3)C2=O)ccc1-n1cnc(C)c1. The highest BCUT2D eigenvalue weighted by atomic mass is 19.2. The van der Waals surface area contributed by atoms with Gasteiger partial charge in [0.2, 0.25) is 0 Å². The van der Waals surface area contributed by atoms with Crippen molar-refractivity contribution in [3.63, 3.8) is 0 Å². The minimum Gasteiger partial charge on any atom is -0.495 e. The summed E-state index contributed by atoms with van der Waals surface area (Å²) in [4.78, 5) is 18.6. The number of rotatable bonds is 5. The fraction of sp³-hybridized carbons (Fsp3) is 0.250. The Morgan fingerprint density at radius 1 is 1.21 bits per heavy atom. The van der Waals surface area contributed by atoms with E-state index in [0.29, 0.717) is 11.3 Å². The predicted molar refractivity (Wildman–Crippen MR) is 115 cm³/mol. The number of hydrogen-bond acceptors (Lipinski definition) is 4. The highest BCUT2D eigenvalue weighted by molar-refractivity contribution is 5.96. The van der Waals surface area contributed by atoms with E-state index >= 15 is 0 Å². The van der Waals surface area contributed by atoms with E-state index in [4.69, 9.17) is 9.47 Å². The van der Waals surface area contributed by atoms with Crippen LogP contribution in [0, 0.1) is 24.4 Å².